The predicted octanol–water partition coefficient (Wildman–Crippen LogP) is 13.5. The molecule has 7 aromatic carbocycles. The lowest BCUT2D eigenvalue weighted by Crippen LogP contribution is -2.27. The number of rotatable bonds is 8. The summed E-state index contributed by atoms with van der Waals surface area (Å²) in [5.74, 6) is 3.28. The van der Waals surface area contributed by atoms with Crippen LogP contribution in [0.15, 0.2) is 187 Å². The highest BCUT2D eigenvalue weighted by atomic mass is 15.2. The van der Waals surface area contributed by atoms with Crippen LogP contribution in [0.25, 0.3) is 62.1 Å². The summed E-state index contributed by atoms with van der Waals surface area (Å²) in [6.45, 7) is 4.34. The number of para-hydroxylation sites is 3. The zero-order valence-electron chi connectivity index (χ0n) is 36.6. The molecule has 7 heteroatoms. The summed E-state index contributed by atoms with van der Waals surface area (Å²) in [7, 11) is 0. The van der Waals surface area contributed by atoms with Gasteiger partial charge in [-0.2, -0.15) is 0 Å². The van der Waals surface area contributed by atoms with Gasteiger partial charge in [0.1, 0.15) is 11.6 Å². The van der Waals surface area contributed by atoms with Crippen LogP contribution in [0.5, 0.6) is 0 Å². The first-order chi connectivity index (χ1) is 32.6. The summed E-state index contributed by atoms with van der Waals surface area (Å²) in [6.07, 6.45) is 1.61. The van der Waals surface area contributed by atoms with Gasteiger partial charge in [-0.1, -0.05) is 153 Å². The molecule has 0 fully saturated rings. The number of imidazole rings is 1. The number of fused-ring (bicyclic) bond motifs is 2. The van der Waals surface area contributed by atoms with Crippen LogP contribution in [0.3, 0.4) is 0 Å². The summed E-state index contributed by atoms with van der Waals surface area (Å²) in [6, 6.07) is 64.8. The van der Waals surface area contributed by atoms with Gasteiger partial charge in [0.25, 0.3) is 0 Å². The molecule has 3 unspecified atom stereocenters. The molecular weight excluding hydrogens is 807 g/mol. The van der Waals surface area contributed by atoms with Gasteiger partial charge >= 0.3 is 0 Å². The maximum absolute atomic E-state index is 5.31. The largest absolute Gasteiger partial charge is 0.280 e. The molecule has 3 aromatic heterocycles. The summed E-state index contributed by atoms with van der Waals surface area (Å²) >= 11 is 0. The summed E-state index contributed by atoms with van der Waals surface area (Å²) in [5.41, 5.74) is 20.3. The molecule has 66 heavy (non-hydrogen) atoms. The molecule has 3 aliphatic carbocycles. The number of benzene rings is 7. The second kappa shape index (κ2) is 15.2. The van der Waals surface area contributed by atoms with Crippen LogP contribution in [0.1, 0.15) is 88.5 Å². The molecule has 14 rings (SSSR count). The van der Waals surface area contributed by atoms with Crippen molar-refractivity contribution < 1.29 is 0 Å². The third kappa shape index (κ3) is 6.03. The molecule has 7 nitrogen and oxygen atoms in total. The standard InChI is InChI=1S/C59H43N7/c1-3-46-57(43-23-13-14-24-47(43)60-46)51-33-49(62-58(64-51)35-17-7-5-8-18-35)37-27-29-41-44(31-37)55-39-21-11-12-22-40(39)56(41)45-32-38(28-30-42(45)55)50-34-54(65-59(63-50)36-19-9-6-10-20-36)66-52-26-16-15-25-48(52)61-53(66)4-2/h5-34,55-57H,3-4H2,1-2H3. The van der Waals surface area contributed by atoms with Gasteiger partial charge in [0.15, 0.2) is 11.6 Å². The maximum Gasteiger partial charge on any atom is 0.162 e. The predicted molar refractivity (Wildman–Crippen MR) is 264 cm³/mol. The molecule has 4 aliphatic rings. The second-order valence-corrected chi connectivity index (χ2v) is 17.5. The molecule has 0 N–H and O–H groups in total. The van der Waals surface area contributed by atoms with E-state index >= 15 is 0 Å². The number of nitrogens with zero attached hydrogens (tertiary/aromatic N) is 7. The highest BCUT2D eigenvalue weighted by Crippen LogP contribution is 2.57. The number of aliphatic imine (C=N–C) groups is 1. The van der Waals surface area contributed by atoms with E-state index in [2.05, 4.69) is 170 Å². The van der Waals surface area contributed by atoms with Crippen LogP contribution in [-0.2, 0) is 6.42 Å². The zero-order chi connectivity index (χ0) is 43.9. The van der Waals surface area contributed by atoms with E-state index in [9.17, 15) is 0 Å². The first-order valence-corrected chi connectivity index (χ1v) is 23.0. The van der Waals surface area contributed by atoms with Crippen LogP contribution in [0, 0.1) is 0 Å². The molecule has 0 amide bonds. The molecule has 1 aliphatic heterocycles. The molecule has 4 heterocycles. The van der Waals surface area contributed by atoms with Crippen molar-refractivity contribution in [3.63, 3.8) is 0 Å². The number of hydrogen-bond donors (Lipinski definition) is 0. The van der Waals surface area contributed by atoms with E-state index in [1.807, 2.05) is 30.3 Å². The third-order valence-corrected chi connectivity index (χ3v) is 13.8. The minimum atomic E-state index is -0.0280. The van der Waals surface area contributed by atoms with Crippen molar-refractivity contribution in [1.29, 1.82) is 0 Å². The molecule has 0 radical (unpaired) electrons. The number of aromatic nitrogens is 6. The van der Waals surface area contributed by atoms with E-state index in [4.69, 9.17) is 29.9 Å². The molecule has 314 valence electrons. The Morgan fingerprint density at radius 3 is 1.59 bits per heavy atom. The van der Waals surface area contributed by atoms with Gasteiger partial charge in [-0.25, -0.2) is 24.9 Å². The van der Waals surface area contributed by atoms with Gasteiger partial charge < -0.3 is 0 Å². The van der Waals surface area contributed by atoms with E-state index in [-0.39, 0.29) is 17.8 Å². The Labute approximate surface area is 383 Å². The smallest absolute Gasteiger partial charge is 0.162 e. The van der Waals surface area contributed by atoms with Crippen LogP contribution < -0.4 is 0 Å². The fourth-order valence-electron chi connectivity index (χ4n) is 10.8. The van der Waals surface area contributed by atoms with Crippen molar-refractivity contribution in [3.8, 4) is 51.1 Å². The van der Waals surface area contributed by atoms with E-state index in [1.54, 1.807) is 0 Å². The summed E-state index contributed by atoms with van der Waals surface area (Å²) in [5, 5.41) is 0. The van der Waals surface area contributed by atoms with Crippen molar-refractivity contribution >= 4 is 22.4 Å². The summed E-state index contributed by atoms with van der Waals surface area (Å²) in [4.78, 5) is 31.2. The highest BCUT2D eigenvalue weighted by Gasteiger charge is 2.42. The zero-order valence-corrected chi connectivity index (χ0v) is 36.6. The number of hydrogen-bond acceptors (Lipinski definition) is 6. The monoisotopic (exact) mass is 849 g/mol. The van der Waals surface area contributed by atoms with Gasteiger partial charge in [-0.05, 0) is 81.8 Å². The van der Waals surface area contributed by atoms with Gasteiger partial charge in [0.05, 0.1) is 39.7 Å². The molecule has 10 aromatic rings. The topological polar surface area (TPSA) is 81.7 Å². The van der Waals surface area contributed by atoms with Crippen LogP contribution in [0.2, 0.25) is 0 Å². The van der Waals surface area contributed by atoms with Crippen molar-refractivity contribution in [3.05, 3.63) is 232 Å². The van der Waals surface area contributed by atoms with Crippen molar-refractivity contribution in [2.75, 3.05) is 0 Å². The van der Waals surface area contributed by atoms with Gasteiger partial charge in [0, 0.05) is 52.3 Å². The Morgan fingerprint density at radius 1 is 0.409 bits per heavy atom. The fourth-order valence-corrected chi connectivity index (χ4v) is 10.8. The maximum atomic E-state index is 5.31. The molecule has 0 saturated carbocycles. The van der Waals surface area contributed by atoms with Crippen LogP contribution in [0.4, 0.5) is 5.69 Å². The van der Waals surface area contributed by atoms with Gasteiger partial charge in [-0.3, -0.25) is 9.56 Å². The lowest BCUT2D eigenvalue weighted by molar-refractivity contribution is 0.755. The summed E-state index contributed by atoms with van der Waals surface area (Å²) < 4.78 is 2.20. The molecule has 0 spiro atoms. The van der Waals surface area contributed by atoms with E-state index in [1.165, 1.54) is 38.9 Å². The lowest BCUT2D eigenvalue weighted by atomic mass is 9.60. The molecular formula is C59H43N7. The number of aryl methyl sites for hydroxylation is 1. The van der Waals surface area contributed by atoms with Crippen molar-refractivity contribution in [2.24, 2.45) is 4.99 Å². The minimum absolute atomic E-state index is 0.0280. The Morgan fingerprint density at radius 2 is 0.955 bits per heavy atom. The SMILES string of the molecule is CCC1=Nc2ccccc2C1c1cc(-c2ccc3c(c2)C2c4ccccc4C3c3cc(-c4cc(-n5c(CC)nc6ccccc65)nc(-c5ccccc5)n4)ccc32)nc(-c2ccccc2)n1. The fraction of sp³-hybridized carbons (Fsp3) is 0.119. The van der Waals surface area contributed by atoms with E-state index < -0.39 is 0 Å². The van der Waals surface area contributed by atoms with E-state index in [0.717, 1.165) is 92.1 Å². The van der Waals surface area contributed by atoms with Gasteiger partial charge in [-0.15, -0.1) is 0 Å². The molecule has 2 bridgehead atoms. The Bertz CT molecular complexity index is 3590. The van der Waals surface area contributed by atoms with Crippen LogP contribution >= 0.6 is 0 Å². The van der Waals surface area contributed by atoms with Crippen LogP contribution in [-0.4, -0.2) is 35.2 Å². The first-order valence-electron chi connectivity index (χ1n) is 23.0. The average Bonchev–Trinajstić information content (AvgIpc) is 3.97. The lowest BCUT2D eigenvalue weighted by Gasteiger charge is -2.42. The quantitative estimate of drug-likeness (QED) is 0.152. The Balaban J connectivity index is 0.949. The van der Waals surface area contributed by atoms with Crippen molar-refractivity contribution in [2.45, 2.75) is 44.4 Å². The Hall–Kier alpha value is -8.16. The molecule has 0 saturated heterocycles. The second-order valence-electron chi connectivity index (χ2n) is 17.5. The average molecular weight is 850 g/mol. The molecule has 3 atom stereocenters. The van der Waals surface area contributed by atoms with Gasteiger partial charge in [0.2, 0.25) is 0 Å². The van der Waals surface area contributed by atoms with E-state index in [0.29, 0.717) is 5.82 Å². The normalized spacial score (nSPS) is 16.4. The Kier molecular flexibility index (Phi) is 8.85. The third-order valence-electron chi connectivity index (χ3n) is 13.8. The minimum Gasteiger partial charge on any atom is -0.280 e. The van der Waals surface area contributed by atoms with Crippen molar-refractivity contribution in [1.82, 2.24) is 29.5 Å². The highest BCUT2D eigenvalue weighted by molar-refractivity contribution is 6.00. The first kappa shape index (κ1) is 38.3.